The third-order valence-corrected chi connectivity index (χ3v) is 26.6. The number of carbonyl (C=O) groups is 5. The topological polar surface area (TPSA) is 993 Å². The summed E-state index contributed by atoms with van der Waals surface area (Å²) in [6.07, 6.45) is -121. The van der Waals surface area contributed by atoms with E-state index in [0.717, 1.165) is 27.7 Å². The van der Waals surface area contributed by atoms with Crippen LogP contribution in [0.5, 0.6) is 0 Å². The van der Waals surface area contributed by atoms with E-state index in [0.29, 0.717) is 0 Å². The Morgan fingerprint density at radius 3 is 0.951 bits per heavy atom. The molecule has 12 aliphatic rings. The number of aliphatic hydroxyl groups is 31. The van der Waals surface area contributed by atoms with E-state index >= 15 is 0 Å². The highest BCUT2D eigenvalue weighted by atomic mass is 16.8. The van der Waals surface area contributed by atoms with Crippen LogP contribution in [0.15, 0.2) is 0 Å². The van der Waals surface area contributed by atoms with E-state index in [-0.39, 0.29) is 0 Å². The molecule has 4 amide bonds. The van der Waals surface area contributed by atoms with Crippen molar-refractivity contribution < 1.29 is 296 Å². The Bertz CT molecular complexity index is 4050. The first-order valence-electron chi connectivity index (χ1n) is 45.9. The van der Waals surface area contributed by atoms with E-state index in [1.54, 1.807) is 0 Å². The molecule has 0 spiro atoms. The Hall–Kier alpha value is -4.81. The quantitative estimate of drug-likeness (QED) is 0.0277. The van der Waals surface area contributed by atoms with Crippen molar-refractivity contribution in [2.75, 3.05) is 59.5 Å². The van der Waals surface area contributed by atoms with Gasteiger partial charge in [0, 0.05) is 27.7 Å². The van der Waals surface area contributed by atoms with Gasteiger partial charge in [-0.3, -0.25) is 19.2 Å². The van der Waals surface area contributed by atoms with Crippen LogP contribution in [0, 0.1) is 0 Å². The van der Waals surface area contributed by atoms with Crippen molar-refractivity contribution in [2.24, 2.45) is 0 Å². The molecule has 0 aromatic carbocycles. The van der Waals surface area contributed by atoms with E-state index < -0.39 is 457 Å². The molecule has 36 N–H and O–H groups in total. The van der Waals surface area contributed by atoms with E-state index in [9.17, 15) is 187 Å². The number of hydrogen-bond acceptors (Lipinski definition) is 59. The van der Waals surface area contributed by atoms with Gasteiger partial charge in [0.1, 0.15) is 274 Å². The molecule has 0 aromatic rings. The Labute approximate surface area is 814 Å². The van der Waals surface area contributed by atoms with Crippen LogP contribution in [0.3, 0.4) is 0 Å². The summed E-state index contributed by atoms with van der Waals surface area (Å²) in [5, 5.41) is 369. The normalized spacial score (nSPS) is 50.4. The largest absolute Gasteiger partial charge is 0.479 e. The smallest absolute Gasteiger partial charge is 0.335 e. The molecule has 0 radical (unpaired) electrons. The molecular formula is C80H132N4O60. The summed E-state index contributed by atoms with van der Waals surface area (Å²) < 4.78 is 137. The standard InChI is InChI=1S/C80H132N4O60/c1-16-35(96)45(106)51(112)73(124-16)123-15-30-60(62(33(69(121)126-30)83-20(5)94)139-75-52(113)46(107)36(97)17(2)125-75)137-70-31(81-18(3)92)44(105)59(28(13-91)132-70)136-79-57(118)65(42(103)29(134-79)14-122-74-55(116)63(40(101)25(10-88)128-74)140-76-53(114)47(108)37(98)22(7-85)129-76)142-80-67(49(110)38(99)23(8-86)131-80)144-71-32(82-19(4)93)43(104)58(27(12-90)133-71)135-72-34(84-21(6)95)61(39(100)24(9-87)127-72)138-78-56(117)64(41(102)26(11-89)130-78)141-77-54(115)48(109)50(111)66(143-77)68(119)120/h16-17,22-67,69-80,85-91,96-118,121H,7-15H2,1-6H3,(H,81,92)(H,82,93)(H,83,94)(H,84,95)(H,119,120)/t16-,17-,22+,23+,24+,25+,26+,27+,28+,29+,30+,31+,32+,33+,34+,35+,36+,37+,38+,39-,40+,41-,42+,43+,44+,45+,46+,47-,48-,49-,50-,51-,52-,53-,54+,55-,56+,57-,58+,59+,60+,61+,62+,63-,64-,65-,66-,67-,69+,70-,71-,72-,73+,74-,75-,76+,77+,78-,79-,80+/m0/s1. The first kappa shape index (κ1) is 118. The number of aliphatic hydroxyl groups excluding tert-OH is 31. The van der Waals surface area contributed by atoms with Crippen molar-refractivity contribution in [3.8, 4) is 0 Å². The van der Waals surface area contributed by atoms with Gasteiger partial charge in [0.25, 0.3) is 0 Å². The van der Waals surface area contributed by atoms with Crippen LogP contribution >= 0.6 is 0 Å². The number of carboxylic acid groups (broad SMARTS) is 1. The molecule has 0 aromatic heterocycles. The van der Waals surface area contributed by atoms with Gasteiger partial charge in [-0.05, 0) is 13.8 Å². The van der Waals surface area contributed by atoms with E-state index in [2.05, 4.69) is 21.3 Å². The Kier molecular flexibility index (Phi) is 41.6. The molecule has 60 atom stereocenters. The zero-order valence-corrected chi connectivity index (χ0v) is 77.2. The maximum atomic E-state index is 13.6. The van der Waals surface area contributed by atoms with Crippen molar-refractivity contribution in [1.29, 1.82) is 0 Å². The summed E-state index contributed by atoms with van der Waals surface area (Å²) in [6, 6.07) is -8.24. The van der Waals surface area contributed by atoms with Crippen LogP contribution < -0.4 is 21.3 Å². The van der Waals surface area contributed by atoms with Crippen molar-refractivity contribution >= 4 is 29.6 Å². The lowest BCUT2D eigenvalue weighted by atomic mass is 9.93. The molecule has 0 aliphatic carbocycles. The second-order valence-electron chi connectivity index (χ2n) is 36.6. The molecule has 12 saturated heterocycles. The maximum absolute atomic E-state index is 13.6. The summed E-state index contributed by atoms with van der Waals surface area (Å²) in [4.78, 5) is 65.4. The third kappa shape index (κ3) is 25.6. The van der Waals surface area contributed by atoms with Crippen LogP contribution in [-0.2, 0) is 133 Å². The van der Waals surface area contributed by atoms with Gasteiger partial charge in [-0.1, -0.05) is 0 Å². The van der Waals surface area contributed by atoms with Gasteiger partial charge in [0.15, 0.2) is 81.6 Å². The van der Waals surface area contributed by atoms with Gasteiger partial charge >= 0.3 is 5.97 Å². The number of carboxylic acids is 1. The lowest BCUT2D eigenvalue weighted by Crippen LogP contribution is -2.72. The van der Waals surface area contributed by atoms with E-state index in [1.165, 1.54) is 13.8 Å². The summed E-state index contributed by atoms with van der Waals surface area (Å²) in [5.41, 5.74) is 0. The fourth-order valence-electron chi connectivity index (χ4n) is 18.7. The number of hydrogen-bond donors (Lipinski definition) is 36. The summed E-state index contributed by atoms with van der Waals surface area (Å²) in [7, 11) is 0. The van der Waals surface area contributed by atoms with Crippen LogP contribution in [0.1, 0.15) is 41.5 Å². The lowest BCUT2D eigenvalue weighted by Gasteiger charge is -2.52. The zero-order chi connectivity index (χ0) is 106. The summed E-state index contributed by atoms with van der Waals surface area (Å²) in [5.74, 6) is -5.99. The molecule has 64 heteroatoms. The maximum Gasteiger partial charge on any atom is 0.335 e. The molecular weight excluding hydrogens is 1980 g/mol. The first-order chi connectivity index (χ1) is 68.0. The van der Waals surface area contributed by atoms with Crippen LogP contribution in [0.4, 0.5) is 0 Å². The number of aliphatic carboxylic acids is 1. The molecule has 12 fully saturated rings. The molecule has 832 valence electrons. The Balaban J connectivity index is 0.859. The molecule has 12 rings (SSSR count). The minimum atomic E-state index is -2.71. The highest BCUT2D eigenvalue weighted by molar-refractivity contribution is 5.75. The molecule has 0 bridgehead atoms. The van der Waals surface area contributed by atoms with Crippen LogP contribution in [0.25, 0.3) is 0 Å². The second kappa shape index (κ2) is 50.8. The second-order valence-corrected chi connectivity index (χ2v) is 36.6. The summed E-state index contributed by atoms with van der Waals surface area (Å²) in [6.45, 7) is -4.63. The monoisotopic (exact) mass is 2110 g/mol. The molecule has 12 heterocycles. The molecule has 0 unspecified atom stereocenters. The number of nitrogens with one attached hydrogen (secondary N) is 4. The van der Waals surface area contributed by atoms with Crippen molar-refractivity contribution in [3.05, 3.63) is 0 Å². The van der Waals surface area contributed by atoms with E-state index in [1.807, 2.05) is 0 Å². The van der Waals surface area contributed by atoms with Gasteiger partial charge in [0.2, 0.25) is 23.6 Å². The predicted octanol–water partition coefficient (Wildman–Crippen LogP) is -24.4. The fourth-order valence-corrected chi connectivity index (χ4v) is 18.7. The average molecular weight is 2110 g/mol. The number of amides is 4. The Morgan fingerprint density at radius 1 is 0.215 bits per heavy atom. The zero-order valence-electron chi connectivity index (χ0n) is 77.2. The Morgan fingerprint density at radius 2 is 0.493 bits per heavy atom. The average Bonchev–Trinajstić information content (AvgIpc) is 0.756. The predicted molar refractivity (Wildman–Crippen MR) is 439 cm³/mol. The lowest BCUT2D eigenvalue weighted by molar-refractivity contribution is -0.399. The van der Waals surface area contributed by atoms with E-state index in [4.69, 9.17) is 109 Å². The number of rotatable bonds is 36. The third-order valence-electron chi connectivity index (χ3n) is 26.6. The molecule has 144 heavy (non-hydrogen) atoms. The highest BCUT2D eigenvalue weighted by Crippen LogP contribution is 2.43. The number of ether oxygens (including phenoxy) is 23. The minimum absolute atomic E-state index is 0.857. The van der Waals surface area contributed by atoms with Gasteiger partial charge in [-0.2, -0.15) is 0 Å². The van der Waals surface area contributed by atoms with Gasteiger partial charge in [0.05, 0.1) is 71.7 Å². The van der Waals surface area contributed by atoms with Crippen molar-refractivity contribution in [3.63, 3.8) is 0 Å². The SMILES string of the molecule is CC(=O)N[C@@H]1[C@@H](O[C@@H]2O[C@@H](C)[C@@H](O)[C@@H](O)[C@@H]2O)[C@H](O[C@@H]2O[C@H](CO)[C@@H](O[C@@H]3O[C@H](CO[C@H]4O[C@H](CO)[C@@H](O)[C@H](O[C@H]5O[C@H](CO)[C@@H](O)[C@H](O)[C@@H]5O)[C@@H]4O)[C@@H](O)[C@H](O[C@H]4O[C@H](CO)[C@@H](O)[C@H](O)[C@@H]4O[C@@H]4O[C@H](CO)[C@@H](O[C@@H]5O[C@H](CO)[C@H](O)[C@H](O[C@@H]6O[C@H](CO)[C@H](O)[C@H](O[C@@H]7O[C@H](C(=O)O)[C@@H](O)[C@H](O)[C@H]7O)[C@H]6O)[C@H]5NC(C)=O)[C@H](O)[C@H]4NC(C)=O)[C@@H]3O)[C@H](O)[C@H]2NC(C)=O)[C@@H](CO[C@@H]2O[C@@H](C)[C@@H](O)[C@@H](O)[C@@H]2O)O[C@H]1O. The molecule has 12 aliphatic heterocycles. The highest BCUT2D eigenvalue weighted by Gasteiger charge is 2.64. The summed E-state index contributed by atoms with van der Waals surface area (Å²) >= 11 is 0. The van der Waals surface area contributed by atoms with Crippen molar-refractivity contribution in [1.82, 2.24) is 21.3 Å². The first-order valence-corrected chi connectivity index (χ1v) is 45.9. The van der Waals surface area contributed by atoms with Crippen LogP contribution in [-0.4, -0.2) is 621 Å². The van der Waals surface area contributed by atoms with Crippen molar-refractivity contribution in [2.45, 2.75) is 410 Å². The van der Waals surface area contributed by atoms with Gasteiger partial charge < -0.3 is 294 Å². The molecule has 0 saturated carbocycles. The van der Waals surface area contributed by atoms with Gasteiger partial charge in [-0.15, -0.1) is 0 Å². The molecule has 64 nitrogen and oxygen atoms in total. The van der Waals surface area contributed by atoms with Gasteiger partial charge in [-0.25, -0.2) is 4.79 Å². The van der Waals surface area contributed by atoms with Crippen LogP contribution in [0.2, 0.25) is 0 Å². The number of carbonyl (C=O) groups excluding carboxylic acids is 4. The minimum Gasteiger partial charge on any atom is -0.479 e. The fraction of sp³-hybridized carbons (Fsp3) is 0.938.